The quantitative estimate of drug-likeness (QED) is 0.530. The molecule has 0 spiro atoms. The predicted molar refractivity (Wildman–Crippen MR) is 96.3 cm³/mol. The number of carbonyl (C=O) groups is 1. The molecule has 0 radical (unpaired) electrons. The van der Waals surface area contributed by atoms with Crippen molar-refractivity contribution in [2.45, 2.75) is 69.9 Å². The fraction of sp³-hybridized carbons (Fsp3) is 0.722. The zero-order chi connectivity index (χ0) is 19.6. The van der Waals surface area contributed by atoms with E-state index in [1.807, 2.05) is 0 Å². The van der Waals surface area contributed by atoms with Crippen molar-refractivity contribution in [2.75, 3.05) is 6.61 Å². The monoisotopic (exact) mass is 381 g/mol. The Balaban J connectivity index is 1.61. The molecule has 1 aliphatic heterocycles. The zero-order valence-electron chi connectivity index (χ0n) is 15.4. The molecule has 1 amide bonds. The first kappa shape index (κ1) is 19.8. The van der Waals surface area contributed by atoms with Gasteiger partial charge < -0.3 is 20.3 Å². The third-order valence-electron chi connectivity index (χ3n) is 5.50. The smallest absolute Gasteiger partial charge is 0.328 e. The highest BCUT2D eigenvalue weighted by Gasteiger charge is 2.40. The van der Waals surface area contributed by atoms with Gasteiger partial charge in [-0.3, -0.25) is 19.1 Å². The Kier molecular flexibility index (Phi) is 6.13. The predicted octanol–water partition coefficient (Wildman–Crippen LogP) is -0.969. The number of ether oxygens (including phenoxy) is 1. The van der Waals surface area contributed by atoms with Crippen molar-refractivity contribution < 1.29 is 19.7 Å². The van der Waals surface area contributed by atoms with Gasteiger partial charge in [0.05, 0.1) is 19.2 Å². The number of amides is 1. The number of hydrogen-bond acceptors (Lipinski definition) is 6. The van der Waals surface area contributed by atoms with Crippen LogP contribution < -0.4 is 16.6 Å². The number of aliphatic hydroxyl groups excluding tert-OH is 2. The van der Waals surface area contributed by atoms with Crippen LogP contribution in [0.2, 0.25) is 0 Å². The van der Waals surface area contributed by atoms with E-state index in [1.165, 1.54) is 10.8 Å². The summed E-state index contributed by atoms with van der Waals surface area (Å²) in [4.78, 5) is 37.9. The van der Waals surface area contributed by atoms with Crippen LogP contribution in [0.3, 0.4) is 0 Å². The molecule has 2 heterocycles. The van der Waals surface area contributed by atoms with Crippen LogP contribution in [-0.4, -0.2) is 56.6 Å². The number of aromatic amines is 1. The number of carbonyl (C=O) groups excluding carboxylic acids is 1. The number of nitrogens with one attached hydrogen (secondary N) is 2. The maximum atomic E-state index is 12.4. The molecule has 0 bridgehead atoms. The third-order valence-corrected chi connectivity index (χ3v) is 5.50. The van der Waals surface area contributed by atoms with Crippen molar-refractivity contribution in [2.24, 2.45) is 5.92 Å². The van der Waals surface area contributed by atoms with Crippen LogP contribution in [0, 0.1) is 12.8 Å². The molecule has 2 fully saturated rings. The lowest BCUT2D eigenvalue weighted by atomic mass is 9.88. The highest BCUT2D eigenvalue weighted by atomic mass is 16.5. The molecule has 1 aromatic rings. The van der Waals surface area contributed by atoms with Crippen LogP contribution in [0.4, 0.5) is 0 Å². The van der Waals surface area contributed by atoms with Gasteiger partial charge in [0.15, 0.2) is 0 Å². The molecule has 150 valence electrons. The summed E-state index contributed by atoms with van der Waals surface area (Å²) < 4.78 is 6.85. The molecular weight excluding hydrogens is 354 g/mol. The largest absolute Gasteiger partial charge is 0.388 e. The van der Waals surface area contributed by atoms with Gasteiger partial charge in [0.2, 0.25) is 5.91 Å². The van der Waals surface area contributed by atoms with E-state index in [2.05, 4.69) is 10.3 Å². The molecule has 9 heteroatoms. The second-order valence-corrected chi connectivity index (χ2v) is 7.53. The lowest BCUT2D eigenvalue weighted by Gasteiger charge is -2.38. The number of aliphatic hydroxyl groups is 2. The summed E-state index contributed by atoms with van der Waals surface area (Å²) in [5.41, 5.74) is -0.714. The number of aryl methyl sites for hydroxylation is 1. The van der Waals surface area contributed by atoms with Gasteiger partial charge in [-0.2, -0.15) is 0 Å². The lowest BCUT2D eigenvalue weighted by molar-refractivity contribution is -0.160. The number of hydrogen-bond donors (Lipinski definition) is 4. The first-order valence-corrected chi connectivity index (χ1v) is 9.45. The summed E-state index contributed by atoms with van der Waals surface area (Å²) in [6.45, 7) is 1.59. The van der Waals surface area contributed by atoms with Gasteiger partial charge in [-0.25, -0.2) is 4.79 Å². The molecular formula is C18H27N3O6. The fourth-order valence-electron chi connectivity index (χ4n) is 3.78. The summed E-state index contributed by atoms with van der Waals surface area (Å²) in [5.74, 6) is -0.163. The van der Waals surface area contributed by atoms with Crippen LogP contribution in [-0.2, 0) is 16.1 Å². The van der Waals surface area contributed by atoms with E-state index >= 15 is 0 Å². The molecule has 1 saturated carbocycles. The molecule has 1 saturated heterocycles. The Morgan fingerprint density at radius 3 is 2.67 bits per heavy atom. The summed E-state index contributed by atoms with van der Waals surface area (Å²) in [6.07, 6.45) is 2.98. The Bertz CT molecular complexity index is 782. The van der Waals surface area contributed by atoms with E-state index in [4.69, 9.17) is 4.74 Å². The SMILES string of the molecule is Cc1cn(C[C@H]2OC[C@@H](NC(=O)C3CCCCC3)[C@H](O)[C@@H]2O)c(=O)[nH]c1=O. The van der Waals surface area contributed by atoms with Crippen LogP contribution in [0.1, 0.15) is 37.7 Å². The molecule has 27 heavy (non-hydrogen) atoms. The molecule has 1 aromatic heterocycles. The van der Waals surface area contributed by atoms with Crippen LogP contribution in [0.5, 0.6) is 0 Å². The minimum Gasteiger partial charge on any atom is -0.388 e. The van der Waals surface area contributed by atoms with Crippen LogP contribution >= 0.6 is 0 Å². The number of aromatic nitrogens is 2. The van der Waals surface area contributed by atoms with Crippen molar-refractivity contribution in [1.29, 1.82) is 0 Å². The van der Waals surface area contributed by atoms with Crippen molar-refractivity contribution in [1.82, 2.24) is 14.9 Å². The summed E-state index contributed by atoms with van der Waals surface area (Å²) in [5, 5.41) is 23.6. The van der Waals surface area contributed by atoms with Crippen molar-refractivity contribution in [3.63, 3.8) is 0 Å². The normalized spacial score (nSPS) is 29.4. The molecule has 4 N–H and O–H groups in total. The number of rotatable bonds is 4. The minimum absolute atomic E-state index is 0.0159. The first-order valence-electron chi connectivity index (χ1n) is 9.45. The van der Waals surface area contributed by atoms with Crippen LogP contribution in [0.15, 0.2) is 15.8 Å². The molecule has 3 rings (SSSR count). The van der Waals surface area contributed by atoms with Gasteiger partial charge in [-0.15, -0.1) is 0 Å². The van der Waals surface area contributed by atoms with Gasteiger partial charge in [-0.1, -0.05) is 19.3 Å². The third kappa shape index (κ3) is 4.48. The average molecular weight is 381 g/mol. The maximum Gasteiger partial charge on any atom is 0.328 e. The average Bonchev–Trinajstić information content (AvgIpc) is 2.66. The standard InChI is InChI=1S/C18H27N3O6/c1-10-7-21(18(26)20-16(10)24)8-13-15(23)14(22)12(9-27-13)19-17(25)11-5-3-2-4-6-11/h7,11-15,22-23H,2-6,8-9H2,1H3,(H,19,25)(H,20,24,26)/t12-,13-,14+,15-/m1/s1. The van der Waals surface area contributed by atoms with Crippen LogP contribution in [0.25, 0.3) is 0 Å². The van der Waals surface area contributed by atoms with Crippen molar-refractivity contribution in [3.05, 3.63) is 32.6 Å². The molecule has 0 unspecified atom stereocenters. The summed E-state index contributed by atoms with van der Waals surface area (Å²) in [7, 11) is 0. The summed E-state index contributed by atoms with van der Waals surface area (Å²) in [6, 6.07) is -0.695. The molecule has 9 nitrogen and oxygen atoms in total. The topological polar surface area (TPSA) is 134 Å². The van der Waals surface area contributed by atoms with E-state index < -0.39 is 35.6 Å². The van der Waals surface area contributed by atoms with E-state index in [0.717, 1.165) is 32.1 Å². The second kappa shape index (κ2) is 8.37. The molecule has 1 aliphatic carbocycles. The van der Waals surface area contributed by atoms with Gasteiger partial charge in [0.1, 0.15) is 18.3 Å². The fourth-order valence-corrected chi connectivity index (χ4v) is 3.78. The minimum atomic E-state index is -1.27. The zero-order valence-corrected chi connectivity index (χ0v) is 15.4. The van der Waals surface area contributed by atoms with E-state index in [1.54, 1.807) is 6.92 Å². The van der Waals surface area contributed by atoms with Crippen molar-refractivity contribution in [3.8, 4) is 0 Å². The molecule has 0 aromatic carbocycles. The Morgan fingerprint density at radius 1 is 1.26 bits per heavy atom. The van der Waals surface area contributed by atoms with E-state index in [9.17, 15) is 24.6 Å². The highest BCUT2D eigenvalue weighted by molar-refractivity contribution is 5.79. The maximum absolute atomic E-state index is 12.4. The number of nitrogens with zero attached hydrogens (tertiary/aromatic N) is 1. The Labute approximate surface area is 156 Å². The van der Waals surface area contributed by atoms with Gasteiger partial charge in [-0.05, 0) is 19.8 Å². The Morgan fingerprint density at radius 2 is 1.96 bits per heavy atom. The second-order valence-electron chi connectivity index (χ2n) is 7.53. The number of H-pyrrole nitrogens is 1. The highest BCUT2D eigenvalue weighted by Crippen LogP contribution is 2.24. The lowest BCUT2D eigenvalue weighted by Crippen LogP contribution is -2.60. The van der Waals surface area contributed by atoms with Gasteiger partial charge in [0, 0.05) is 17.7 Å². The molecule has 2 aliphatic rings. The van der Waals surface area contributed by atoms with Crippen molar-refractivity contribution >= 4 is 5.91 Å². The van der Waals surface area contributed by atoms with Gasteiger partial charge in [0.25, 0.3) is 5.56 Å². The first-order chi connectivity index (χ1) is 12.9. The van der Waals surface area contributed by atoms with E-state index in [-0.39, 0.29) is 25.0 Å². The Hall–Kier alpha value is -1.97. The van der Waals surface area contributed by atoms with Gasteiger partial charge >= 0.3 is 5.69 Å². The molecule has 4 atom stereocenters. The summed E-state index contributed by atoms with van der Waals surface area (Å²) >= 11 is 0. The van der Waals surface area contributed by atoms with E-state index in [0.29, 0.717) is 5.56 Å².